The van der Waals surface area contributed by atoms with Gasteiger partial charge < -0.3 is 5.11 Å². The molecule has 4 nitrogen and oxygen atoms in total. The third-order valence-corrected chi connectivity index (χ3v) is 4.01. The standard InChI is InChI=1S/C13H14N2O2S/c1-8(5-12(16)17)18-13-10(7-14)6-9-3-2-4-11(9)15-13/h6,8H,2-5H2,1H3,(H,16,17). The zero-order valence-corrected chi connectivity index (χ0v) is 11.0. The maximum Gasteiger partial charge on any atom is 0.304 e. The second-order valence-corrected chi connectivity index (χ2v) is 5.87. The summed E-state index contributed by atoms with van der Waals surface area (Å²) in [4.78, 5) is 15.2. The van der Waals surface area contributed by atoms with Crippen molar-refractivity contribution in [1.29, 1.82) is 5.26 Å². The van der Waals surface area contributed by atoms with Gasteiger partial charge in [-0.25, -0.2) is 4.98 Å². The molecule has 2 rings (SSSR count). The highest BCUT2D eigenvalue weighted by Crippen LogP contribution is 2.30. The van der Waals surface area contributed by atoms with E-state index in [0.29, 0.717) is 10.6 Å². The average molecular weight is 262 g/mol. The van der Waals surface area contributed by atoms with Crippen molar-refractivity contribution in [2.75, 3.05) is 0 Å². The van der Waals surface area contributed by atoms with Crippen molar-refractivity contribution in [3.05, 3.63) is 22.9 Å². The minimum atomic E-state index is -0.824. The maximum atomic E-state index is 10.6. The van der Waals surface area contributed by atoms with Crippen LogP contribution in [0.25, 0.3) is 0 Å². The highest BCUT2D eigenvalue weighted by molar-refractivity contribution is 7.99. The number of rotatable bonds is 4. The number of fused-ring (bicyclic) bond motifs is 1. The molecule has 1 unspecified atom stereocenters. The number of carboxylic acids is 1. The van der Waals surface area contributed by atoms with E-state index in [1.165, 1.54) is 17.3 Å². The van der Waals surface area contributed by atoms with Crippen molar-refractivity contribution in [3.8, 4) is 6.07 Å². The summed E-state index contributed by atoms with van der Waals surface area (Å²) in [5.74, 6) is -0.824. The van der Waals surface area contributed by atoms with Gasteiger partial charge in [-0.05, 0) is 30.9 Å². The van der Waals surface area contributed by atoms with Crippen molar-refractivity contribution < 1.29 is 9.90 Å². The van der Waals surface area contributed by atoms with Crippen LogP contribution in [-0.2, 0) is 17.6 Å². The summed E-state index contributed by atoms with van der Waals surface area (Å²) in [7, 11) is 0. The summed E-state index contributed by atoms with van der Waals surface area (Å²) in [5, 5.41) is 18.5. The minimum absolute atomic E-state index is 0.0777. The van der Waals surface area contributed by atoms with Crippen LogP contribution in [0, 0.1) is 11.3 Å². The van der Waals surface area contributed by atoms with Crippen molar-refractivity contribution in [2.24, 2.45) is 0 Å². The van der Waals surface area contributed by atoms with E-state index in [4.69, 9.17) is 10.4 Å². The molecule has 1 heterocycles. The molecule has 0 amide bonds. The van der Waals surface area contributed by atoms with Crippen LogP contribution >= 0.6 is 11.8 Å². The van der Waals surface area contributed by atoms with E-state index < -0.39 is 5.97 Å². The molecule has 0 radical (unpaired) electrons. The molecule has 0 aliphatic heterocycles. The molecule has 1 N–H and O–H groups in total. The lowest BCUT2D eigenvalue weighted by Crippen LogP contribution is -2.07. The normalized spacial score (nSPS) is 14.9. The molecule has 1 aromatic heterocycles. The summed E-state index contributed by atoms with van der Waals surface area (Å²) < 4.78 is 0. The SMILES string of the molecule is CC(CC(=O)O)Sc1nc2c(cc1C#N)CCC2. The van der Waals surface area contributed by atoms with Crippen LogP contribution in [0.4, 0.5) is 0 Å². The number of nitriles is 1. The molecule has 18 heavy (non-hydrogen) atoms. The number of nitrogens with zero attached hydrogens (tertiary/aromatic N) is 2. The van der Waals surface area contributed by atoms with Gasteiger partial charge >= 0.3 is 5.97 Å². The van der Waals surface area contributed by atoms with E-state index >= 15 is 0 Å². The maximum absolute atomic E-state index is 10.6. The quantitative estimate of drug-likeness (QED) is 0.843. The molecular weight excluding hydrogens is 248 g/mol. The largest absolute Gasteiger partial charge is 0.481 e. The number of hydrogen-bond donors (Lipinski definition) is 1. The molecule has 0 fully saturated rings. The summed E-state index contributed by atoms with van der Waals surface area (Å²) in [6.07, 6.45) is 3.12. The molecule has 0 saturated heterocycles. The highest BCUT2D eigenvalue weighted by atomic mass is 32.2. The second-order valence-electron chi connectivity index (χ2n) is 4.44. The first-order valence-electron chi connectivity index (χ1n) is 5.91. The Hall–Kier alpha value is -1.54. The second kappa shape index (κ2) is 5.40. The Morgan fingerprint density at radius 3 is 3.11 bits per heavy atom. The van der Waals surface area contributed by atoms with Crippen molar-refractivity contribution in [3.63, 3.8) is 0 Å². The molecule has 1 atom stereocenters. The summed E-state index contributed by atoms with van der Waals surface area (Å²) in [6, 6.07) is 4.06. The molecule has 1 aromatic rings. The Kier molecular flexibility index (Phi) is 3.87. The minimum Gasteiger partial charge on any atom is -0.481 e. The van der Waals surface area contributed by atoms with E-state index in [9.17, 15) is 4.79 Å². The number of aliphatic carboxylic acids is 1. The van der Waals surface area contributed by atoms with Crippen LogP contribution in [0.5, 0.6) is 0 Å². The third-order valence-electron chi connectivity index (χ3n) is 2.91. The Balaban J connectivity index is 2.22. The zero-order chi connectivity index (χ0) is 13.1. The van der Waals surface area contributed by atoms with Gasteiger partial charge in [0.15, 0.2) is 0 Å². The zero-order valence-electron chi connectivity index (χ0n) is 10.1. The number of carbonyl (C=O) groups is 1. The van der Waals surface area contributed by atoms with Gasteiger partial charge in [0.1, 0.15) is 11.1 Å². The van der Waals surface area contributed by atoms with Gasteiger partial charge in [0.25, 0.3) is 0 Å². The molecule has 94 valence electrons. The Morgan fingerprint density at radius 2 is 2.44 bits per heavy atom. The van der Waals surface area contributed by atoms with E-state index in [-0.39, 0.29) is 11.7 Å². The molecule has 0 saturated carbocycles. The fourth-order valence-corrected chi connectivity index (χ4v) is 3.10. The summed E-state index contributed by atoms with van der Waals surface area (Å²) in [6.45, 7) is 1.84. The molecular formula is C13H14N2O2S. The van der Waals surface area contributed by atoms with Crippen molar-refractivity contribution >= 4 is 17.7 Å². The smallest absolute Gasteiger partial charge is 0.304 e. The summed E-state index contributed by atoms with van der Waals surface area (Å²) >= 11 is 1.37. The predicted molar refractivity (Wildman–Crippen MR) is 68.5 cm³/mol. The molecule has 1 aliphatic carbocycles. The Labute approximate surface area is 110 Å². The number of hydrogen-bond acceptors (Lipinski definition) is 4. The van der Waals surface area contributed by atoms with Gasteiger partial charge in [-0.1, -0.05) is 6.92 Å². The molecule has 0 aromatic carbocycles. The average Bonchev–Trinajstić information content (AvgIpc) is 2.73. The van der Waals surface area contributed by atoms with Gasteiger partial charge in [-0.15, -0.1) is 11.8 Å². The van der Waals surface area contributed by atoms with Crippen LogP contribution in [0.2, 0.25) is 0 Å². The lowest BCUT2D eigenvalue weighted by Gasteiger charge is -2.10. The molecule has 0 bridgehead atoms. The van der Waals surface area contributed by atoms with Gasteiger partial charge in [0.05, 0.1) is 12.0 Å². The first-order valence-corrected chi connectivity index (χ1v) is 6.79. The number of carboxylic acid groups (broad SMARTS) is 1. The van der Waals surface area contributed by atoms with Gasteiger partial charge in [-0.2, -0.15) is 5.26 Å². The fraction of sp³-hybridized carbons (Fsp3) is 0.462. The first-order chi connectivity index (χ1) is 8.60. The van der Waals surface area contributed by atoms with Crippen LogP contribution in [0.3, 0.4) is 0 Å². The van der Waals surface area contributed by atoms with E-state index in [1.807, 2.05) is 13.0 Å². The number of aromatic nitrogens is 1. The van der Waals surface area contributed by atoms with E-state index in [2.05, 4.69) is 11.1 Å². The lowest BCUT2D eigenvalue weighted by atomic mass is 10.2. The van der Waals surface area contributed by atoms with Crippen molar-refractivity contribution in [2.45, 2.75) is 42.9 Å². The van der Waals surface area contributed by atoms with E-state index in [0.717, 1.165) is 25.0 Å². The predicted octanol–water partition coefficient (Wildman–Crippen LogP) is 2.40. The fourth-order valence-electron chi connectivity index (χ4n) is 2.10. The van der Waals surface area contributed by atoms with Gasteiger partial charge in [0, 0.05) is 10.9 Å². The summed E-state index contributed by atoms with van der Waals surface area (Å²) in [5.41, 5.74) is 2.80. The Morgan fingerprint density at radius 1 is 1.67 bits per heavy atom. The van der Waals surface area contributed by atoms with Gasteiger partial charge in [-0.3, -0.25) is 4.79 Å². The monoisotopic (exact) mass is 262 g/mol. The number of thioether (sulfide) groups is 1. The Bertz CT molecular complexity index is 522. The van der Waals surface area contributed by atoms with Gasteiger partial charge in [0.2, 0.25) is 0 Å². The molecule has 5 heteroatoms. The topological polar surface area (TPSA) is 74.0 Å². The number of aryl methyl sites for hydroxylation is 2. The number of pyridine rings is 1. The van der Waals surface area contributed by atoms with Crippen molar-refractivity contribution in [1.82, 2.24) is 4.98 Å². The van der Waals surface area contributed by atoms with Crippen LogP contribution < -0.4 is 0 Å². The molecule has 1 aliphatic rings. The van der Waals surface area contributed by atoms with E-state index in [1.54, 1.807) is 0 Å². The first kappa shape index (κ1) is 12.9. The third kappa shape index (κ3) is 2.82. The van der Waals surface area contributed by atoms with Crippen LogP contribution in [0.1, 0.15) is 36.6 Å². The molecule has 0 spiro atoms. The van der Waals surface area contributed by atoms with Crippen LogP contribution in [0.15, 0.2) is 11.1 Å². The van der Waals surface area contributed by atoms with Crippen LogP contribution in [-0.4, -0.2) is 21.3 Å². The highest BCUT2D eigenvalue weighted by Gasteiger charge is 2.19. The lowest BCUT2D eigenvalue weighted by molar-refractivity contribution is -0.136.